The van der Waals surface area contributed by atoms with Crippen molar-refractivity contribution in [2.75, 3.05) is 0 Å². The van der Waals surface area contributed by atoms with Crippen LogP contribution in [0.2, 0.25) is 0 Å². The van der Waals surface area contributed by atoms with Crippen LogP contribution in [0.3, 0.4) is 0 Å². The van der Waals surface area contributed by atoms with Crippen LogP contribution in [0.15, 0.2) is 0 Å². The van der Waals surface area contributed by atoms with Gasteiger partial charge in [0.15, 0.2) is 0 Å². The smallest absolute Gasteiger partial charge is 0.218 e. The average molecular weight is 157 g/mol. The maximum Gasteiger partial charge on any atom is 0.218 e. The number of ketones is 1. The van der Waals surface area contributed by atoms with Gasteiger partial charge < -0.3 is 5.73 Å². The van der Waals surface area contributed by atoms with E-state index in [9.17, 15) is 9.59 Å². The molecule has 64 valence electrons. The van der Waals surface area contributed by atoms with Gasteiger partial charge in [0, 0.05) is 18.3 Å². The predicted octanol–water partition coefficient (Wildman–Crippen LogP) is 0.723. The van der Waals surface area contributed by atoms with Crippen LogP contribution in [0.1, 0.15) is 27.2 Å². The molecule has 3 nitrogen and oxygen atoms in total. The van der Waals surface area contributed by atoms with Crippen LogP contribution >= 0.6 is 0 Å². The Labute approximate surface area is 67.0 Å². The van der Waals surface area contributed by atoms with E-state index in [1.165, 1.54) is 0 Å². The number of carbonyl (C=O) groups excluding carboxylic acids is 2. The molecule has 0 rings (SSSR count). The van der Waals surface area contributed by atoms with Crippen LogP contribution in [-0.4, -0.2) is 11.7 Å². The van der Waals surface area contributed by atoms with Crippen LogP contribution in [0.25, 0.3) is 0 Å². The predicted molar refractivity (Wildman–Crippen MR) is 42.8 cm³/mol. The maximum atomic E-state index is 11.2. The second-order valence-corrected chi connectivity index (χ2v) is 3.13. The molecule has 0 spiro atoms. The largest absolute Gasteiger partial charge is 0.370 e. The minimum atomic E-state index is -0.411. The Morgan fingerprint density at radius 2 is 1.73 bits per heavy atom. The highest BCUT2D eigenvalue weighted by molar-refractivity contribution is 5.87. The van der Waals surface area contributed by atoms with Crippen molar-refractivity contribution in [2.24, 2.45) is 17.6 Å². The summed E-state index contributed by atoms with van der Waals surface area (Å²) < 4.78 is 0. The summed E-state index contributed by atoms with van der Waals surface area (Å²) in [5, 5.41) is 0. The van der Waals surface area contributed by atoms with Gasteiger partial charge in [-0.1, -0.05) is 20.8 Å². The Hall–Kier alpha value is -0.860. The zero-order valence-corrected chi connectivity index (χ0v) is 7.26. The van der Waals surface area contributed by atoms with Crippen molar-refractivity contribution < 1.29 is 9.59 Å². The molecule has 0 aliphatic heterocycles. The van der Waals surface area contributed by atoms with Crippen LogP contribution in [0, 0.1) is 11.8 Å². The van der Waals surface area contributed by atoms with Gasteiger partial charge in [0.25, 0.3) is 0 Å². The molecule has 0 bridgehead atoms. The van der Waals surface area contributed by atoms with Gasteiger partial charge in [-0.2, -0.15) is 0 Å². The molecular formula is C8H15NO2. The summed E-state index contributed by atoms with van der Waals surface area (Å²) in [4.78, 5) is 21.6. The highest BCUT2D eigenvalue weighted by Crippen LogP contribution is 2.09. The van der Waals surface area contributed by atoms with Crippen molar-refractivity contribution in [3.05, 3.63) is 0 Å². The molecule has 1 amide bonds. The summed E-state index contributed by atoms with van der Waals surface area (Å²) >= 11 is 0. The van der Waals surface area contributed by atoms with E-state index in [-0.39, 0.29) is 24.0 Å². The monoisotopic (exact) mass is 157 g/mol. The lowest BCUT2D eigenvalue weighted by molar-refractivity contribution is -0.129. The third-order valence-corrected chi connectivity index (χ3v) is 1.56. The molecule has 0 unspecified atom stereocenters. The molecular weight excluding hydrogens is 142 g/mol. The Morgan fingerprint density at radius 3 is 2.00 bits per heavy atom. The lowest BCUT2D eigenvalue weighted by Crippen LogP contribution is -2.23. The zero-order valence-electron chi connectivity index (χ0n) is 7.26. The first-order valence-corrected chi connectivity index (χ1v) is 3.77. The van der Waals surface area contributed by atoms with E-state index >= 15 is 0 Å². The summed E-state index contributed by atoms with van der Waals surface area (Å²) in [6, 6.07) is 0. The fourth-order valence-electron chi connectivity index (χ4n) is 0.971. The summed E-state index contributed by atoms with van der Waals surface area (Å²) in [5.41, 5.74) is 4.94. The zero-order chi connectivity index (χ0) is 9.02. The van der Waals surface area contributed by atoms with Crippen molar-refractivity contribution >= 4 is 11.7 Å². The molecule has 0 aliphatic rings. The average Bonchev–Trinajstić information content (AvgIpc) is 1.84. The van der Waals surface area contributed by atoms with Gasteiger partial charge in [-0.3, -0.25) is 9.59 Å². The summed E-state index contributed by atoms with van der Waals surface area (Å²) in [5.74, 6) is -0.549. The number of amides is 1. The molecule has 0 aromatic heterocycles. The molecule has 0 fully saturated rings. The van der Waals surface area contributed by atoms with Crippen molar-refractivity contribution in [3.8, 4) is 0 Å². The van der Waals surface area contributed by atoms with E-state index in [0.717, 1.165) is 0 Å². The SMILES string of the molecule is CC(C)C(=O)[C@@H](C)CC(N)=O. The van der Waals surface area contributed by atoms with Crippen molar-refractivity contribution in [2.45, 2.75) is 27.2 Å². The molecule has 0 radical (unpaired) electrons. The fraction of sp³-hybridized carbons (Fsp3) is 0.750. The Bertz CT molecular complexity index is 163. The first-order chi connectivity index (χ1) is 4.95. The van der Waals surface area contributed by atoms with Gasteiger partial charge in [0.05, 0.1) is 0 Å². The normalized spacial score (nSPS) is 13.1. The van der Waals surface area contributed by atoms with E-state index in [2.05, 4.69) is 0 Å². The number of rotatable bonds is 4. The lowest BCUT2D eigenvalue weighted by Gasteiger charge is -2.09. The van der Waals surface area contributed by atoms with Crippen molar-refractivity contribution in [1.82, 2.24) is 0 Å². The second-order valence-electron chi connectivity index (χ2n) is 3.13. The topological polar surface area (TPSA) is 60.2 Å². The van der Waals surface area contributed by atoms with Crippen molar-refractivity contribution in [3.63, 3.8) is 0 Å². The third kappa shape index (κ3) is 3.75. The molecule has 2 N–H and O–H groups in total. The Kier molecular flexibility index (Phi) is 3.79. The number of primary amides is 1. The quantitative estimate of drug-likeness (QED) is 0.653. The van der Waals surface area contributed by atoms with E-state index in [1.807, 2.05) is 13.8 Å². The molecule has 0 aromatic carbocycles. The third-order valence-electron chi connectivity index (χ3n) is 1.56. The minimum absolute atomic E-state index is 0.00986. The molecule has 1 atom stereocenters. The van der Waals surface area contributed by atoms with Gasteiger partial charge in [0.2, 0.25) is 5.91 Å². The minimum Gasteiger partial charge on any atom is -0.370 e. The molecule has 11 heavy (non-hydrogen) atoms. The number of carbonyl (C=O) groups is 2. The second kappa shape index (κ2) is 4.11. The highest BCUT2D eigenvalue weighted by Gasteiger charge is 2.17. The van der Waals surface area contributed by atoms with Gasteiger partial charge in [-0.15, -0.1) is 0 Å². The van der Waals surface area contributed by atoms with E-state index in [1.54, 1.807) is 6.92 Å². The lowest BCUT2D eigenvalue weighted by atomic mass is 9.94. The molecule has 0 heterocycles. The van der Waals surface area contributed by atoms with Gasteiger partial charge in [-0.25, -0.2) is 0 Å². The van der Waals surface area contributed by atoms with E-state index in [4.69, 9.17) is 5.73 Å². The maximum absolute atomic E-state index is 11.2. The molecule has 0 saturated carbocycles. The van der Waals surface area contributed by atoms with E-state index < -0.39 is 5.91 Å². The summed E-state index contributed by atoms with van der Waals surface area (Å²) in [6.07, 6.45) is 0.164. The molecule has 3 heteroatoms. The highest BCUT2D eigenvalue weighted by atomic mass is 16.1. The Balaban J connectivity index is 3.93. The standard InChI is InChI=1S/C8H15NO2/c1-5(2)8(11)6(3)4-7(9)10/h5-6H,4H2,1-3H3,(H2,9,10)/t6-/m0/s1. The van der Waals surface area contributed by atoms with Gasteiger partial charge in [-0.05, 0) is 0 Å². The van der Waals surface area contributed by atoms with E-state index in [0.29, 0.717) is 0 Å². The fourth-order valence-corrected chi connectivity index (χ4v) is 0.971. The molecule has 0 aromatic rings. The first-order valence-electron chi connectivity index (χ1n) is 3.77. The Morgan fingerprint density at radius 1 is 1.27 bits per heavy atom. The van der Waals surface area contributed by atoms with Crippen LogP contribution in [0.5, 0.6) is 0 Å². The number of hydrogen-bond acceptors (Lipinski definition) is 2. The summed E-state index contributed by atoms with van der Waals surface area (Å²) in [7, 11) is 0. The van der Waals surface area contributed by atoms with Crippen LogP contribution in [-0.2, 0) is 9.59 Å². The number of nitrogens with two attached hydrogens (primary N) is 1. The van der Waals surface area contributed by atoms with Crippen molar-refractivity contribution in [1.29, 1.82) is 0 Å². The molecule has 0 aliphatic carbocycles. The number of hydrogen-bond donors (Lipinski definition) is 1. The first kappa shape index (κ1) is 10.1. The summed E-state index contributed by atoms with van der Waals surface area (Å²) in [6.45, 7) is 5.37. The van der Waals surface area contributed by atoms with Crippen LogP contribution in [0.4, 0.5) is 0 Å². The van der Waals surface area contributed by atoms with Gasteiger partial charge in [0.1, 0.15) is 5.78 Å². The number of Topliss-reactive ketones (excluding diaryl/α,β-unsaturated/α-hetero) is 1. The molecule has 0 saturated heterocycles. The van der Waals surface area contributed by atoms with Crippen LogP contribution < -0.4 is 5.73 Å². The van der Waals surface area contributed by atoms with Gasteiger partial charge >= 0.3 is 0 Å².